The van der Waals surface area contributed by atoms with Gasteiger partial charge in [0.15, 0.2) is 4.77 Å². The zero-order valence-corrected chi connectivity index (χ0v) is 15.1. The van der Waals surface area contributed by atoms with Crippen LogP contribution in [-0.2, 0) is 6.54 Å². The number of hydrogen-bond donors (Lipinski definition) is 2. The molecule has 3 rings (SSSR count). The van der Waals surface area contributed by atoms with Gasteiger partial charge in [-0.15, -0.1) is 6.58 Å². The van der Waals surface area contributed by atoms with Crippen molar-refractivity contribution in [2.75, 3.05) is 0 Å². The quantitative estimate of drug-likeness (QED) is 0.627. The summed E-state index contributed by atoms with van der Waals surface area (Å²) < 4.78 is 1.51. The third-order valence-electron chi connectivity index (χ3n) is 3.91. The van der Waals surface area contributed by atoms with E-state index in [9.17, 15) is 9.90 Å². The first-order chi connectivity index (χ1) is 11.9. The van der Waals surface area contributed by atoms with Crippen molar-refractivity contribution < 1.29 is 5.11 Å². The van der Waals surface area contributed by atoms with Crippen LogP contribution < -0.4 is 5.56 Å². The Hall–Kier alpha value is -2.44. The van der Waals surface area contributed by atoms with Gasteiger partial charge in [0, 0.05) is 12.1 Å². The van der Waals surface area contributed by atoms with Gasteiger partial charge in [-0.05, 0) is 36.9 Å². The molecule has 0 saturated heterocycles. The number of aromatic amines is 1. The fraction of sp³-hybridized carbons (Fsp3) is 0.167. The number of aliphatic imine (C=N–C) groups is 1. The molecular formula is C18H16ClN3O2S. The van der Waals surface area contributed by atoms with E-state index in [4.69, 9.17) is 23.8 Å². The molecule has 0 fully saturated rings. The van der Waals surface area contributed by atoms with Crippen LogP contribution in [0.25, 0.3) is 6.08 Å². The van der Waals surface area contributed by atoms with Crippen molar-refractivity contribution in [1.82, 2.24) is 9.55 Å². The van der Waals surface area contributed by atoms with Gasteiger partial charge in [0.25, 0.3) is 5.56 Å². The summed E-state index contributed by atoms with van der Waals surface area (Å²) in [5, 5.41) is 10.7. The van der Waals surface area contributed by atoms with Gasteiger partial charge in [-0.1, -0.05) is 41.5 Å². The monoisotopic (exact) mass is 373 g/mol. The molecule has 1 aromatic rings. The standard InChI is InChI=1S/C18H16ClN3O2S/c1-3-6-22-17(24)13(16(23)21-18(22)25)9-12-8-11-7-10(2)4-5-14(11)20-15(12)19/h3-5,7-9,14,24H,1,6H2,2H3,(H,21,23,25). The van der Waals surface area contributed by atoms with Crippen LogP contribution in [0.2, 0.25) is 0 Å². The molecule has 1 aliphatic heterocycles. The van der Waals surface area contributed by atoms with Crippen LogP contribution in [-0.4, -0.2) is 25.9 Å². The Morgan fingerprint density at radius 2 is 2.28 bits per heavy atom. The summed E-state index contributed by atoms with van der Waals surface area (Å²) in [5.41, 5.74) is 2.22. The minimum absolute atomic E-state index is 0.0705. The van der Waals surface area contributed by atoms with Crippen molar-refractivity contribution in [1.29, 1.82) is 0 Å². The lowest BCUT2D eigenvalue weighted by Gasteiger charge is -2.20. The molecule has 0 aromatic carbocycles. The fourth-order valence-electron chi connectivity index (χ4n) is 2.69. The predicted molar refractivity (Wildman–Crippen MR) is 104 cm³/mol. The number of hydrogen-bond acceptors (Lipinski definition) is 4. The SMILES string of the molecule is C=CCn1c(O)c(C=C2C=C3C=C(C)C=CC3N=C2Cl)c(=O)[nH]c1=S. The number of dihydropyridines is 1. The van der Waals surface area contributed by atoms with E-state index in [1.54, 1.807) is 6.08 Å². The van der Waals surface area contributed by atoms with Gasteiger partial charge < -0.3 is 5.11 Å². The van der Waals surface area contributed by atoms with Crippen LogP contribution in [0, 0.1) is 4.77 Å². The minimum atomic E-state index is -0.490. The van der Waals surface area contributed by atoms with Crippen LogP contribution in [0.15, 0.2) is 63.5 Å². The molecule has 1 aliphatic carbocycles. The highest BCUT2D eigenvalue weighted by Gasteiger charge is 2.20. The second-order valence-electron chi connectivity index (χ2n) is 5.75. The number of allylic oxidation sites excluding steroid dienone is 5. The zero-order chi connectivity index (χ0) is 18.1. The van der Waals surface area contributed by atoms with Gasteiger partial charge in [-0.2, -0.15) is 0 Å². The molecule has 128 valence electrons. The van der Waals surface area contributed by atoms with Crippen molar-refractivity contribution in [2.24, 2.45) is 4.99 Å². The average molecular weight is 374 g/mol. The largest absolute Gasteiger partial charge is 0.494 e. The molecule has 2 heterocycles. The number of rotatable bonds is 3. The lowest BCUT2D eigenvalue weighted by molar-refractivity contribution is 0.412. The Morgan fingerprint density at radius 3 is 3.00 bits per heavy atom. The van der Waals surface area contributed by atoms with Crippen LogP contribution >= 0.6 is 23.8 Å². The number of aromatic hydroxyl groups is 1. The van der Waals surface area contributed by atoms with E-state index >= 15 is 0 Å². The summed E-state index contributed by atoms with van der Waals surface area (Å²) in [4.78, 5) is 19.2. The Kier molecular flexibility index (Phi) is 4.74. The first-order valence-electron chi connectivity index (χ1n) is 7.61. The molecule has 0 amide bonds. The summed E-state index contributed by atoms with van der Waals surface area (Å²) in [5.74, 6) is -0.235. The van der Waals surface area contributed by atoms with E-state index in [0.717, 1.165) is 11.1 Å². The van der Waals surface area contributed by atoms with Gasteiger partial charge in [0.2, 0.25) is 5.88 Å². The molecule has 0 saturated carbocycles. The number of nitrogens with zero attached hydrogens (tertiary/aromatic N) is 2. The molecular weight excluding hydrogens is 358 g/mol. The predicted octanol–water partition coefficient (Wildman–Crippen LogP) is 3.64. The van der Waals surface area contributed by atoms with E-state index in [-0.39, 0.29) is 34.0 Å². The maximum absolute atomic E-state index is 12.2. The van der Waals surface area contributed by atoms with Gasteiger partial charge >= 0.3 is 0 Å². The topological polar surface area (TPSA) is 70.4 Å². The molecule has 25 heavy (non-hydrogen) atoms. The van der Waals surface area contributed by atoms with Crippen molar-refractivity contribution in [3.63, 3.8) is 0 Å². The normalized spacial score (nSPS) is 20.6. The second kappa shape index (κ2) is 6.82. The molecule has 1 aromatic heterocycles. The van der Waals surface area contributed by atoms with Crippen molar-refractivity contribution in [3.05, 3.63) is 74.4 Å². The average Bonchev–Trinajstić information content (AvgIpc) is 2.56. The molecule has 7 heteroatoms. The molecule has 0 spiro atoms. The number of aromatic nitrogens is 2. The summed E-state index contributed by atoms with van der Waals surface area (Å²) in [6.07, 6.45) is 10.9. The van der Waals surface area contributed by atoms with E-state index in [1.807, 2.05) is 31.2 Å². The van der Waals surface area contributed by atoms with Crippen molar-refractivity contribution in [2.45, 2.75) is 19.5 Å². The van der Waals surface area contributed by atoms with E-state index in [1.165, 1.54) is 10.6 Å². The molecule has 5 nitrogen and oxygen atoms in total. The highest BCUT2D eigenvalue weighted by molar-refractivity contribution is 7.71. The summed E-state index contributed by atoms with van der Waals surface area (Å²) in [6, 6.07) is -0.124. The zero-order valence-electron chi connectivity index (χ0n) is 13.5. The molecule has 1 atom stereocenters. The van der Waals surface area contributed by atoms with Crippen molar-refractivity contribution in [3.8, 4) is 5.88 Å². The Labute approximate surface area is 154 Å². The van der Waals surface area contributed by atoms with Gasteiger partial charge in [0.1, 0.15) is 10.7 Å². The van der Waals surface area contributed by atoms with Gasteiger partial charge in [-0.3, -0.25) is 19.3 Å². The number of halogens is 1. The molecule has 1 unspecified atom stereocenters. The van der Waals surface area contributed by atoms with Crippen molar-refractivity contribution >= 4 is 35.1 Å². The molecule has 2 aliphatic rings. The molecule has 0 bridgehead atoms. The highest BCUT2D eigenvalue weighted by Crippen LogP contribution is 2.28. The lowest BCUT2D eigenvalue weighted by atomic mass is 9.94. The van der Waals surface area contributed by atoms with Gasteiger partial charge in [0.05, 0.1) is 6.04 Å². The Balaban J connectivity index is 2.14. The number of nitrogens with one attached hydrogen (secondary N) is 1. The maximum Gasteiger partial charge on any atom is 0.262 e. The number of fused-ring (bicyclic) bond motifs is 1. The lowest BCUT2D eigenvalue weighted by Crippen LogP contribution is -2.18. The third-order valence-corrected chi connectivity index (χ3v) is 4.55. The van der Waals surface area contributed by atoms with Gasteiger partial charge in [-0.25, -0.2) is 0 Å². The number of H-pyrrole nitrogens is 1. The second-order valence-corrected chi connectivity index (χ2v) is 6.50. The van der Waals surface area contributed by atoms with E-state index in [2.05, 4.69) is 16.6 Å². The smallest absolute Gasteiger partial charge is 0.262 e. The minimum Gasteiger partial charge on any atom is -0.494 e. The van der Waals surface area contributed by atoms with Crippen LogP contribution in [0.4, 0.5) is 0 Å². The molecule has 0 radical (unpaired) electrons. The summed E-state index contributed by atoms with van der Waals surface area (Å²) in [7, 11) is 0. The van der Waals surface area contributed by atoms with Crippen LogP contribution in [0.3, 0.4) is 0 Å². The Morgan fingerprint density at radius 1 is 1.52 bits per heavy atom. The first-order valence-corrected chi connectivity index (χ1v) is 8.39. The van der Waals surface area contributed by atoms with Crippen LogP contribution in [0.5, 0.6) is 5.88 Å². The first kappa shape index (κ1) is 17.4. The third kappa shape index (κ3) is 3.36. The summed E-state index contributed by atoms with van der Waals surface area (Å²) >= 11 is 11.3. The molecule has 2 N–H and O–H groups in total. The van der Waals surface area contributed by atoms with E-state index in [0.29, 0.717) is 5.57 Å². The highest BCUT2D eigenvalue weighted by atomic mass is 35.5. The van der Waals surface area contributed by atoms with E-state index < -0.39 is 5.56 Å². The fourth-order valence-corrected chi connectivity index (χ4v) is 3.16. The summed E-state index contributed by atoms with van der Waals surface area (Å²) in [6.45, 7) is 5.89. The Bertz CT molecular complexity index is 1020. The maximum atomic E-state index is 12.2. The van der Waals surface area contributed by atoms with Crippen LogP contribution in [0.1, 0.15) is 12.5 Å².